The van der Waals surface area contributed by atoms with Gasteiger partial charge in [0.15, 0.2) is 0 Å². The molecule has 1 N–H and O–H groups in total. The van der Waals surface area contributed by atoms with Crippen LogP contribution in [0.4, 0.5) is 0 Å². The highest BCUT2D eigenvalue weighted by atomic mass is 35.5. The Labute approximate surface area is 169 Å². The Bertz CT molecular complexity index is 816. The molecule has 0 atom stereocenters. The molecule has 1 saturated heterocycles. The zero-order valence-corrected chi connectivity index (χ0v) is 17.1. The fraction of sp³-hybridized carbons (Fsp3) is 0.474. The Balaban J connectivity index is 1.62. The average molecular weight is 411 g/mol. The van der Waals surface area contributed by atoms with Gasteiger partial charge < -0.3 is 10.1 Å². The number of nitrogens with one attached hydrogen (secondary N) is 1. The predicted molar refractivity (Wildman–Crippen MR) is 107 cm³/mol. The van der Waals surface area contributed by atoms with Gasteiger partial charge in [-0.25, -0.2) is 4.68 Å². The monoisotopic (exact) mass is 410 g/mol. The number of hydrogen-bond donors (Lipinski definition) is 1. The van der Waals surface area contributed by atoms with Crippen molar-refractivity contribution in [2.24, 2.45) is 0 Å². The van der Waals surface area contributed by atoms with Crippen molar-refractivity contribution in [1.29, 1.82) is 0 Å². The molecule has 0 saturated carbocycles. The van der Waals surface area contributed by atoms with Gasteiger partial charge in [-0.3, -0.25) is 9.69 Å². The maximum atomic E-state index is 12.4. The van der Waals surface area contributed by atoms with E-state index in [9.17, 15) is 4.79 Å². The molecule has 0 spiro atoms. The fourth-order valence-corrected chi connectivity index (χ4v) is 3.49. The third-order valence-corrected chi connectivity index (χ3v) is 5.52. The van der Waals surface area contributed by atoms with Crippen LogP contribution >= 0.6 is 23.2 Å². The first-order valence-corrected chi connectivity index (χ1v) is 9.78. The van der Waals surface area contributed by atoms with Crippen LogP contribution in [0.25, 0.3) is 5.69 Å². The van der Waals surface area contributed by atoms with Crippen molar-refractivity contribution in [3.8, 4) is 5.69 Å². The Hall–Kier alpha value is -1.60. The van der Waals surface area contributed by atoms with Gasteiger partial charge in [-0.15, -0.1) is 0 Å². The molecule has 1 amide bonds. The second kappa shape index (κ2) is 9.06. The highest BCUT2D eigenvalue weighted by molar-refractivity contribution is 6.42. The lowest BCUT2D eigenvalue weighted by Crippen LogP contribution is -2.41. The predicted octanol–water partition coefficient (Wildman–Crippen LogP) is 2.79. The van der Waals surface area contributed by atoms with E-state index >= 15 is 0 Å². The highest BCUT2D eigenvalue weighted by Crippen LogP contribution is 2.26. The van der Waals surface area contributed by atoms with Gasteiger partial charge in [-0.1, -0.05) is 23.2 Å². The van der Waals surface area contributed by atoms with Crippen molar-refractivity contribution in [3.05, 3.63) is 45.2 Å². The molecule has 6 nitrogen and oxygen atoms in total. The molecule has 0 unspecified atom stereocenters. The Morgan fingerprint density at radius 3 is 2.67 bits per heavy atom. The van der Waals surface area contributed by atoms with Crippen LogP contribution in [0.5, 0.6) is 0 Å². The number of amides is 1. The van der Waals surface area contributed by atoms with Gasteiger partial charge in [0.25, 0.3) is 0 Å². The van der Waals surface area contributed by atoms with E-state index in [0.29, 0.717) is 23.0 Å². The van der Waals surface area contributed by atoms with Crippen LogP contribution in [0.3, 0.4) is 0 Å². The van der Waals surface area contributed by atoms with Gasteiger partial charge in [-0.2, -0.15) is 5.10 Å². The SMILES string of the molecule is Cc1nn(-c2ccc(Cl)c(Cl)c2)c(C)c1CC(=O)NCCN1CCOCC1. The fourth-order valence-electron chi connectivity index (χ4n) is 3.20. The van der Waals surface area contributed by atoms with Crippen LogP contribution in [0.2, 0.25) is 10.0 Å². The van der Waals surface area contributed by atoms with Crippen LogP contribution in [0.1, 0.15) is 17.0 Å². The van der Waals surface area contributed by atoms with Gasteiger partial charge in [0, 0.05) is 37.4 Å². The number of ether oxygens (including phenoxy) is 1. The summed E-state index contributed by atoms with van der Waals surface area (Å²) < 4.78 is 7.13. The minimum atomic E-state index is 0.00291. The van der Waals surface area contributed by atoms with E-state index in [0.717, 1.165) is 55.5 Å². The molecular weight excluding hydrogens is 387 g/mol. The average Bonchev–Trinajstić information content (AvgIpc) is 2.93. The van der Waals surface area contributed by atoms with Crippen molar-refractivity contribution in [1.82, 2.24) is 20.0 Å². The van der Waals surface area contributed by atoms with Crippen molar-refractivity contribution in [3.63, 3.8) is 0 Å². The Morgan fingerprint density at radius 1 is 1.22 bits per heavy atom. The summed E-state index contributed by atoms with van der Waals surface area (Å²) in [7, 11) is 0. The summed E-state index contributed by atoms with van der Waals surface area (Å²) >= 11 is 12.1. The van der Waals surface area contributed by atoms with Gasteiger partial charge in [0.1, 0.15) is 0 Å². The second-order valence-electron chi connectivity index (χ2n) is 6.64. The smallest absolute Gasteiger partial charge is 0.224 e. The van der Waals surface area contributed by atoms with Gasteiger partial charge >= 0.3 is 0 Å². The molecule has 1 aromatic heterocycles. The minimum Gasteiger partial charge on any atom is -0.379 e. The number of carbonyl (C=O) groups excluding carboxylic acids is 1. The third-order valence-electron chi connectivity index (χ3n) is 4.78. The van der Waals surface area contributed by atoms with Crippen molar-refractivity contribution < 1.29 is 9.53 Å². The summed E-state index contributed by atoms with van der Waals surface area (Å²) in [5, 5.41) is 8.55. The second-order valence-corrected chi connectivity index (χ2v) is 7.45. The normalized spacial score (nSPS) is 15.1. The van der Waals surface area contributed by atoms with Crippen molar-refractivity contribution in [2.75, 3.05) is 39.4 Å². The first-order chi connectivity index (χ1) is 13.0. The third kappa shape index (κ3) is 5.02. The van der Waals surface area contributed by atoms with Crippen LogP contribution in [-0.4, -0.2) is 60.0 Å². The molecule has 1 aromatic carbocycles. The topological polar surface area (TPSA) is 59.4 Å². The minimum absolute atomic E-state index is 0.00291. The number of aromatic nitrogens is 2. The molecule has 8 heteroatoms. The van der Waals surface area contributed by atoms with E-state index < -0.39 is 0 Å². The summed E-state index contributed by atoms with van der Waals surface area (Å²) in [4.78, 5) is 14.7. The number of benzene rings is 1. The standard InChI is InChI=1S/C19H24Cl2N4O2/c1-13-16(12-19(26)22-5-6-24-7-9-27-10-8-24)14(2)25(23-13)15-3-4-17(20)18(21)11-15/h3-4,11H,5-10,12H2,1-2H3,(H,22,26). The quantitative estimate of drug-likeness (QED) is 0.795. The molecule has 1 aliphatic heterocycles. The summed E-state index contributed by atoms with van der Waals surface area (Å²) in [5.41, 5.74) is 3.52. The first kappa shape index (κ1) is 20.1. The maximum Gasteiger partial charge on any atom is 0.224 e. The zero-order chi connectivity index (χ0) is 19.4. The van der Waals surface area contributed by atoms with Crippen molar-refractivity contribution in [2.45, 2.75) is 20.3 Å². The molecule has 2 heterocycles. The number of aryl methyl sites for hydroxylation is 1. The molecule has 1 fully saturated rings. The van der Waals surface area contributed by atoms with E-state index in [-0.39, 0.29) is 5.91 Å². The number of carbonyl (C=O) groups is 1. The van der Waals surface area contributed by atoms with Gasteiger partial charge in [0.2, 0.25) is 5.91 Å². The number of morpholine rings is 1. The Kier molecular flexibility index (Phi) is 6.76. The molecule has 0 aliphatic carbocycles. The first-order valence-electron chi connectivity index (χ1n) is 9.03. The molecule has 0 radical (unpaired) electrons. The highest BCUT2D eigenvalue weighted by Gasteiger charge is 2.17. The van der Waals surface area contributed by atoms with E-state index in [1.807, 2.05) is 19.9 Å². The molecule has 2 aromatic rings. The Morgan fingerprint density at radius 2 is 1.96 bits per heavy atom. The van der Waals surface area contributed by atoms with Crippen molar-refractivity contribution >= 4 is 29.1 Å². The van der Waals surface area contributed by atoms with Gasteiger partial charge in [0.05, 0.1) is 41.1 Å². The molecule has 1 aliphatic rings. The van der Waals surface area contributed by atoms with Crippen LogP contribution < -0.4 is 5.32 Å². The van der Waals surface area contributed by atoms with Crippen LogP contribution in [0, 0.1) is 13.8 Å². The molecule has 0 bridgehead atoms. The molecule has 27 heavy (non-hydrogen) atoms. The molecule has 3 rings (SSSR count). The summed E-state index contributed by atoms with van der Waals surface area (Å²) in [6, 6.07) is 5.38. The summed E-state index contributed by atoms with van der Waals surface area (Å²) in [6.07, 6.45) is 0.308. The summed E-state index contributed by atoms with van der Waals surface area (Å²) in [6.45, 7) is 8.72. The summed E-state index contributed by atoms with van der Waals surface area (Å²) in [5.74, 6) is 0.00291. The maximum absolute atomic E-state index is 12.4. The number of rotatable bonds is 6. The zero-order valence-electron chi connectivity index (χ0n) is 15.6. The number of nitrogens with zero attached hydrogens (tertiary/aromatic N) is 3. The molecular formula is C19H24Cl2N4O2. The van der Waals surface area contributed by atoms with E-state index in [4.69, 9.17) is 27.9 Å². The van der Waals surface area contributed by atoms with Crippen LogP contribution in [0.15, 0.2) is 18.2 Å². The number of hydrogen-bond acceptors (Lipinski definition) is 4. The van der Waals surface area contributed by atoms with E-state index in [1.54, 1.807) is 16.8 Å². The lowest BCUT2D eigenvalue weighted by atomic mass is 10.1. The van der Waals surface area contributed by atoms with E-state index in [2.05, 4.69) is 15.3 Å². The lowest BCUT2D eigenvalue weighted by molar-refractivity contribution is -0.120. The van der Waals surface area contributed by atoms with Crippen LogP contribution in [-0.2, 0) is 16.0 Å². The largest absolute Gasteiger partial charge is 0.379 e. The van der Waals surface area contributed by atoms with E-state index in [1.165, 1.54) is 0 Å². The lowest BCUT2D eigenvalue weighted by Gasteiger charge is -2.26. The molecule has 146 valence electrons. The van der Waals surface area contributed by atoms with Gasteiger partial charge in [-0.05, 0) is 32.0 Å². The number of halogens is 2.